The first kappa shape index (κ1) is 22.4. The Morgan fingerprint density at radius 2 is 1.73 bits per heavy atom. The zero-order valence-electron chi connectivity index (χ0n) is 18.3. The Bertz CT molecular complexity index is 1350. The van der Waals surface area contributed by atoms with Crippen molar-refractivity contribution in [3.8, 4) is 5.69 Å². The molecule has 8 heteroatoms. The van der Waals surface area contributed by atoms with E-state index in [4.69, 9.17) is 4.74 Å². The van der Waals surface area contributed by atoms with Crippen LogP contribution in [0, 0.1) is 0 Å². The van der Waals surface area contributed by atoms with Gasteiger partial charge in [-0.3, -0.25) is 9.59 Å². The van der Waals surface area contributed by atoms with E-state index < -0.39 is 11.5 Å². The number of anilines is 1. The van der Waals surface area contributed by atoms with Gasteiger partial charge in [0.05, 0.1) is 23.6 Å². The maximum Gasteiger partial charge on any atom is 0.359 e. The van der Waals surface area contributed by atoms with Crippen LogP contribution >= 0.6 is 11.3 Å². The summed E-state index contributed by atoms with van der Waals surface area (Å²) in [6.07, 6.45) is 0.600. The van der Waals surface area contributed by atoms with Crippen LogP contribution in [0.2, 0.25) is 0 Å². The molecule has 0 spiro atoms. The van der Waals surface area contributed by atoms with Gasteiger partial charge in [0.15, 0.2) is 5.69 Å². The minimum Gasteiger partial charge on any atom is -0.461 e. The van der Waals surface area contributed by atoms with Gasteiger partial charge in [0, 0.05) is 10.8 Å². The van der Waals surface area contributed by atoms with Crippen LogP contribution in [-0.2, 0) is 9.53 Å². The lowest BCUT2D eigenvalue weighted by molar-refractivity contribution is -0.117. The fourth-order valence-electron chi connectivity index (χ4n) is 3.69. The van der Waals surface area contributed by atoms with Gasteiger partial charge >= 0.3 is 5.97 Å². The Morgan fingerprint density at radius 3 is 2.36 bits per heavy atom. The second-order valence-electron chi connectivity index (χ2n) is 7.34. The molecule has 2 aromatic heterocycles. The van der Waals surface area contributed by atoms with Gasteiger partial charge in [-0.15, -0.1) is 11.3 Å². The summed E-state index contributed by atoms with van der Waals surface area (Å²) < 4.78 is 6.34. The number of fused-ring (bicyclic) bond motifs is 1. The molecule has 4 aromatic rings. The third kappa shape index (κ3) is 4.42. The summed E-state index contributed by atoms with van der Waals surface area (Å²) in [5.74, 6) is -1.21. The van der Waals surface area contributed by atoms with Crippen LogP contribution in [0.1, 0.15) is 42.2 Å². The minimum absolute atomic E-state index is 0.0298. The molecule has 1 amide bonds. The number of carbonyl (C=O) groups excluding carboxylic acids is 2. The van der Waals surface area contributed by atoms with Crippen LogP contribution in [0.3, 0.4) is 0 Å². The maximum absolute atomic E-state index is 13.4. The molecular formula is C25H23N3O4S. The van der Waals surface area contributed by atoms with E-state index in [1.165, 1.54) is 16.0 Å². The number of carbonyl (C=O) groups is 2. The Balaban J connectivity index is 1.83. The second-order valence-corrected chi connectivity index (χ2v) is 8.22. The summed E-state index contributed by atoms with van der Waals surface area (Å²) in [5, 5.41) is 9.86. The highest BCUT2D eigenvalue weighted by atomic mass is 32.1. The fraction of sp³-hybridized carbons (Fsp3) is 0.200. The van der Waals surface area contributed by atoms with Crippen molar-refractivity contribution < 1.29 is 14.3 Å². The molecule has 2 aromatic carbocycles. The van der Waals surface area contributed by atoms with E-state index in [-0.39, 0.29) is 29.5 Å². The predicted octanol–water partition coefficient (Wildman–Crippen LogP) is 4.76. The Morgan fingerprint density at radius 1 is 1.06 bits per heavy atom. The zero-order chi connectivity index (χ0) is 23.4. The number of para-hydroxylation sites is 1. The molecule has 2 heterocycles. The molecule has 0 unspecified atom stereocenters. The molecule has 0 aliphatic rings. The lowest BCUT2D eigenvalue weighted by Gasteiger charge is -2.15. The number of benzene rings is 2. The normalized spacial score (nSPS) is 11.8. The SMILES string of the molecule is CCOC(=O)c1nn(-c2ccccc2)c(=O)c2c(NC(=O)[C@H](CC)c3ccccc3)scc12. The molecule has 0 aliphatic carbocycles. The highest BCUT2D eigenvalue weighted by molar-refractivity contribution is 7.16. The van der Waals surface area contributed by atoms with Crippen LogP contribution in [0.15, 0.2) is 70.8 Å². The molecule has 0 fully saturated rings. The summed E-state index contributed by atoms with van der Waals surface area (Å²) in [7, 11) is 0. The monoisotopic (exact) mass is 461 g/mol. The van der Waals surface area contributed by atoms with Gasteiger partial charge < -0.3 is 10.1 Å². The van der Waals surface area contributed by atoms with Gasteiger partial charge in [0.2, 0.25) is 5.91 Å². The Hall–Kier alpha value is -3.78. The maximum atomic E-state index is 13.4. The smallest absolute Gasteiger partial charge is 0.359 e. The number of thiophene rings is 1. The van der Waals surface area contributed by atoms with Crippen molar-refractivity contribution in [3.05, 3.63) is 87.7 Å². The fourth-order valence-corrected chi connectivity index (χ4v) is 4.63. The van der Waals surface area contributed by atoms with E-state index >= 15 is 0 Å². The van der Waals surface area contributed by atoms with Crippen molar-refractivity contribution >= 4 is 39.0 Å². The second kappa shape index (κ2) is 9.79. The zero-order valence-corrected chi connectivity index (χ0v) is 19.1. The van der Waals surface area contributed by atoms with Crippen molar-refractivity contribution in [2.24, 2.45) is 0 Å². The van der Waals surface area contributed by atoms with Crippen molar-refractivity contribution in [3.63, 3.8) is 0 Å². The van der Waals surface area contributed by atoms with Crippen LogP contribution in [0.4, 0.5) is 5.00 Å². The van der Waals surface area contributed by atoms with Gasteiger partial charge in [-0.25, -0.2) is 4.79 Å². The standard InChI is InChI=1S/C25H23N3O4S/c1-3-18(16-11-7-5-8-12-16)22(29)26-23-20-19(15-33-23)21(25(31)32-4-2)27-28(24(20)30)17-13-9-6-10-14-17/h5-15,18H,3-4H2,1-2H3,(H,26,29)/t18-/m1/s1. The lowest BCUT2D eigenvalue weighted by Crippen LogP contribution is -2.26. The van der Waals surface area contributed by atoms with Crippen molar-refractivity contribution in [1.29, 1.82) is 0 Å². The predicted molar refractivity (Wildman–Crippen MR) is 129 cm³/mol. The molecule has 0 saturated heterocycles. The van der Waals surface area contributed by atoms with Crippen molar-refractivity contribution in [1.82, 2.24) is 9.78 Å². The Labute approximate surface area is 194 Å². The largest absolute Gasteiger partial charge is 0.461 e. The Kier molecular flexibility index (Phi) is 6.65. The van der Waals surface area contributed by atoms with Gasteiger partial charge in [-0.05, 0) is 31.0 Å². The molecule has 1 N–H and O–H groups in total. The molecule has 0 aliphatic heterocycles. The summed E-state index contributed by atoms with van der Waals surface area (Å²) in [6.45, 7) is 3.82. The number of hydrogen-bond donors (Lipinski definition) is 1. The number of nitrogens with zero attached hydrogens (tertiary/aromatic N) is 2. The molecule has 0 saturated carbocycles. The van der Waals surface area contributed by atoms with Crippen LogP contribution < -0.4 is 10.9 Å². The highest BCUT2D eigenvalue weighted by Gasteiger charge is 2.25. The number of amides is 1. The van der Waals surface area contributed by atoms with E-state index in [9.17, 15) is 14.4 Å². The average Bonchev–Trinajstić information content (AvgIpc) is 3.25. The average molecular weight is 462 g/mol. The first-order valence-corrected chi connectivity index (χ1v) is 11.6. The number of esters is 1. The highest BCUT2D eigenvalue weighted by Crippen LogP contribution is 2.32. The molecule has 168 valence electrons. The topological polar surface area (TPSA) is 90.3 Å². The third-order valence-electron chi connectivity index (χ3n) is 5.29. The molecule has 1 atom stereocenters. The van der Waals surface area contributed by atoms with E-state index in [0.717, 1.165) is 5.56 Å². The lowest BCUT2D eigenvalue weighted by atomic mass is 9.96. The summed E-state index contributed by atoms with van der Waals surface area (Å²) in [5.41, 5.74) is 1.01. The summed E-state index contributed by atoms with van der Waals surface area (Å²) >= 11 is 1.19. The number of nitrogens with one attached hydrogen (secondary N) is 1. The van der Waals surface area contributed by atoms with E-state index in [0.29, 0.717) is 22.5 Å². The van der Waals surface area contributed by atoms with Gasteiger partial charge in [-0.1, -0.05) is 55.5 Å². The van der Waals surface area contributed by atoms with Gasteiger partial charge in [-0.2, -0.15) is 9.78 Å². The molecule has 4 rings (SSSR count). The van der Waals surface area contributed by atoms with Gasteiger partial charge in [0.25, 0.3) is 5.56 Å². The molecular weight excluding hydrogens is 438 g/mol. The van der Waals surface area contributed by atoms with Crippen LogP contribution in [0.25, 0.3) is 16.5 Å². The number of ether oxygens (including phenoxy) is 1. The number of aromatic nitrogens is 2. The number of hydrogen-bond acceptors (Lipinski definition) is 6. The van der Waals surface area contributed by atoms with Crippen molar-refractivity contribution in [2.45, 2.75) is 26.2 Å². The number of rotatable bonds is 7. The molecule has 0 radical (unpaired) electrons. The van der Waals surface area contributed by atoms with Crippen LogP contribution in [-0.4, -0.2) is 28.3 Å². The molecule has 0 bridgehead atoms. The third-order valence-corrected chi connectivity index (χ3v) is 6.18. The first-order chi connectivity index (χ1) is 16.0. The quantitative estimate of drug-likeness (QED) is 0.401. The summed E-state index contributed by atoms with van der Waals surface area (Å²) in [4.78, 5) is 39.2. The van der Waals surface area contributed by atoms with E-state index in [1.807, 2.05) is 43.3 Å². The van der Waals surface area contributed by atoms with Crippen LogP contribution in [0.5, 0.6) is 0 Å². The minimum atomic E-state index is -0.626. The summed E-state index contributed by atoms with van der Waals surface area (Å²) in [6, 6.07) is 18.3. The molecule has 33 heavy (non-hydrogen) atoms. The van der Waals surface area contributed by atoms with Crippen molar-refractivity contribution in [2.75, 3.05) is 11.9 Å². The van der Waals surface area contributed by atoms with E-state index in [2.05, 4.69) is 10.4 Å². The molecule has 7 nitrogen and oxygen atoms in total. The van der Waals surface area contributed by atoms with Gasteiger partial charge in [0.1, 0.15) is 5.00 Å². The van der Waals surface area contributed by atoms with E-state index in [1.54, 1.807) is 36.6 Å². The first-order valence-electron chi connectivity index (χ1n) is 10.7.